The zero-order valence-corrected chi connectivity index (χ0v) is 21.7. The summed E-state index contributed by atoms with van der Waals surface area (Å²) in [6, 6.07) is 5.46. The number of aromatic amines is 1. The van der Waals surface area contributed by atoms with Gasteiger partial charge in [-0.1, -0.05) is 72.7 Å². The third-order valence-corrected chi connectivity index (χ3v) is 6.12. The quantitative estimate of drug-likeness (QED) is 0.351. The smallest absolute Gasteiger partial charge is 0.130 e. The summed E-state index contributed by atoms with van der Waals surface area (Å²) < 4.78 is 5.06. The van der Waals surface area contributed by atoms with E-state index in [1.165, 1.54) is 11.1 Å². The van der Waals surface area contributed by atoms with Crippen molar-refractivity contribution in [2.45, 2.75) is 26.7 Å². The molecule has 1 aliphatic carbocycles. The number of allylic oxidation sites excluding steroid dienone is 8. The highest BCUT2D eigenvalue weighted by Crippen LogP contribution is 2.31. The Kier molecular flexibility index (Phi) is 11.9. The average molecular weight is 498 g/mol. The molecular formula is C29H34Cl2N2O. The van der Waals surface area contributed by atoms with E-state index in [2.05, 4.69) is 79.5 Å². The van der Waals surface area contributed by atoms with Crippen LogP contribution in [0, 0.1) is 11.8 Å². The molecule has 0 radical (unpaired) electrons. The Morgan fingerprint density at radius 3 is 2.71 bits per heavy atom. The molecule has 3 nitrogen and oxygen atoms in total. The standard InChI is InChI=1S/C27H30Cl2N2O.C2H4/c1-4-20(8-6-5-7-15-32-3)22-10-9-21(19(2)16-22)11-14-27-30-18-26(31-27)24-13-12-23(28)17-25(24)29;1-2/h4-5,7,9-14,16-19,21H,6,8,15H2,1-3H3,(H,30,31);1-2H2/b7-5-,14-11+,20-4+;. The van der Waals surface area contributed by atoms with Crippen molar-refractivity contribution in [1.82, 2.24) is 9.97 Å². The topological polar surface area (TPSA) is 37.9 Å². The number of hydrogen-bond donors (Lipinski definition) is 1. The minimum atomic E-state index is 0.325. The molecule has 1 heterocycles. The largest absolute Gasteiger partial charge is 0.381 e. The number of imidazole rings is 1. The van der Waals surface area contributed by atoms with E-state index in [-0.39, 0.29) is 0 Å². The van der Waals surface area contributed by atoms with Crippen LogP contribution in [0.25, 0.3) is 17.3 Å². The minimum Gasteiger partial charge on any atom is -0.381 e. The number of nitrogens with one attached hydrogen (secondary N) is 1. The summed E-state index contributed by atoms with van der Waals surface area (Å²) in [5.74, 6) is 1.54. The number of rotatable bonds is 9. The Bertz CT molecular complexity index is 1080. The Hall–Kier alpha value is -2.59. The van der Waals surface area contributed by atoms with E-state index in [1.807, 2.05) is 18.2 Å². The molecule has 0 bridgehead atoms. The molecule has 2 atom stereocenters. The SMILES string of the molecule is C/C=C(\CC/C=C\COC)C1=CC(C)C(/C=C/c2ncc(-c3ccc(Cl)cc3Cl)[nH]2)C=C1.C=C. The second-order valence-electron chi connectivity index (χ2n) is 7.86. The second kappa shape index (κ2) is 14.6. The van der Waals surface area contributed by atoms with Crippen LogP contribution < -0.4 is 0 Å². The lowest BCUT2D eigenvalue weighted by molar-refractivity contribution is 0.233. The van der Waals surface area contributed by atoms with E-state index in [4.69, 9.17) is 27.9 Å². The van der Waals surface area contributed by atoms with Gasteiger partial charge in [0.15, 0.2) is 0 Å². The number of aromatic nitrogens is 2. The van der Waals surface area contributed by atoms with Crippen LogP contribution in [0.5, 0.6) is 0 Å². The maximum absolute atomic E-state index is 6.32. The van der Waals surface area contributed by atoms with E-state index in [0.717, 1.165) is 29.9 Å². The average Bonchev–Trinajstić information content (AvgIpc) is 3.30. The summed E-state index contributed by atoms with van der Waals surface area (Å²) in [5, 5.41) is 1.22. The maximum atomic E-state index is 6.32. The Labute approximate surface area is 214 Å². The van der Waals surface area contributed by atoms with Crippen molar-refractivity contribution < 1.29 is 4.74 Å². The van der Waals surface area contributed by atoms with Crippen LogP contribution in [-0.2, 0) is 4.74 Å². The number of hydrogen-bond acceptors (Lipinski definition) is 2. The van der Waals surface area contributed by atoms with Crippen LogP contribution in [0.3, 0.4) is 0 Å². The summed E-state index contributed by atoms with van der Waals surface area (Å²) in [6.45, 7) is 11.0. The number of benzene rings is 1. The van der Waals surface area contributed by atoms with Crippen LogP contribution in [0.4, 0.5) is 0 Å². The number of ether oxygens (including phenoxy) is 1. The lowest BCUT2D eigenvalue weighted by Gasteiger charge is -2.21. The highest BCUT2D eigenvalue weighted by molar-refractivity contribution is 6.36. The van der Waals surface area contributed by atoms with Gasteiger partial charge in [-0.2, -0.15) is 0 Å². The first-order chi connectivity index (χ1) is 16.5. The third-order valence-electron chi connectivity index (χ3n) is 5.57. The molecule has 0 aliphatic heterocycles. The Morgan fingerprint density at radius 1 is 1.24 bits per heavy atom. The second-order valence-corrected chi connectivity index (χ2v) is 8.71. The van der Waals surface area contributed by atoms with Gasteiger partial charge in [0.2, 0.25) is 0 Å². The first-order valence-electron chi connectivity index (χ1n) is 11.4. The van der Waals surface area contributed by atoms with Gasteiger partial charge in [0, 0.05) is 23.6 Å². The van der Waals surface area contributed by atoms with E-state index < -0.39 is 0 Å². The van der Waals surface area contributed by atoms with Crippen LogP contribution >= 0.6 is 23.2 Å². The van der Waals surface area contributed by atoms with Gasteiger partial charge in [-0.3, -0.25) is 0 Å². The molecule has 0 spiro atoms. The van der Waals surface area contributed by atoms with E-state index in [1.54, 1.807) is 19.4 Å². The molecule has 3 rings (SSSR count). The van der Waals surface area contributed by atoms with Gasteiger partial charge in [-0.05, 0) is 61.1 Å². The van der Waals surface area contributed by atoms with E-state index >= 15 is 0 Å². The zero-order valence-electron chi connectivity index (χ0n) is 20.2. The van der Waals surface area contributed by atoms with Gasteiger partial charge in [0.25, 0.3) is 0 Å². The van der Waals surface area contributed by atoms with Gasteiger partial charge in [-0.25, -0.2) is 4.98 Å². The highest BCUT2D eigenvalue weighted by atomic mass is 35.5. The lowest BCUT2D eigenvalue weighted by Crippen LogP contribution is -2.09. The molecule has 5 heteroatoms. The number of methoxy groups -OCH3 is 1. The van der Waals surface area contributed by atoms with Crippen LogP contribution in [0.1, 0.15) is 32.5 Å². The summed E-state index contributed by atoms with van der Waals surface area (Å²) in [7, 11) is 1.71. The molecule has 1 aromatic heterocycles. The van der Waals surface area contributed by atoms with Crippen LogP contribution in [-0.4, -0.2) is 23.7 Å². The molecule has 1 aliphatic rings. The highest BCUT2D eigenvalue weighted by Gasteiger charge is 2.16. The first kappa shape index (κ1) is 27.7. The number of nitrogens with zero attached hydrogens (tertiary/aromatic N) is 1. The molecule has 1 N–H and O–H groups in total. The monoisotopic (exact) mass is 496 g/mol. The van der Waals surface area contributed by atoms with Crippen molar-refractivity contribution in [3.63, 3.8) is 0 Å². The normalized spacial score (nSPS) is 18.3. The molecule has 34 heavy (non-hydrogen) atoms. The van der Waals surface area contributed by atoms with E-state index in [9.17, 15) is 0 Å². The lowest BCUT2D eigenvalue weighted by atomic mass is 9.84. The summed E-state index contributed by atoms with van der Waals surface area (Å²) in [6.07, 6.45) is 21.4. The molecule has 180 valence electrons. The molecule has 1 aromatic carbocycles. The molecular weight excluding hydrogens is 463 g/mol. The fraction of sp³-hybridized carbons (Fsp3) is 0.276. The van der Waals surface area contributed by atoms with Crippen molar-refractivity contribution in [3.05, 3.63) is 107 Å². The maximum Gasteiger partial charge on any atom is 0.130 e. The van der Waals surface area contributed by atoms with Crippen LogP contribution in [0.15, 0.2) is 91.2 Å². The molecule has 0 saturated heterocycles. The van der Waals surface area contributed by atoms with E-state index in [0.29, 0.717) is 28.5 Å². The third kappa shape index (κ3) is 8.02. The van der Waals surface area contributed by atoms with Crippen molar-refractivity contribution in [2.75, 3.05) is 13.7 Å². The fourth-order valence-electron chi connectivity index (χ4n) is 3.74. The molecule has 2 unspecified atom stereocenters. The molecule has 0 amide bonds. The van der Waals surface area contributed by atoms with Crippen molar-refractivity contribution >= 4 is 29.3 Å². The minimum absolute atomic E-state index is 0.325. The predicted octanol–water partition coefficient (Wildman–Crippen LogP) is 8.88. The Balaban J connectivity index is 0.00000199. The van der Waals surface area contributed by atoms with Gasteiger partial charge >= 0.3 is 0 Å². The predicted molar refractivity (Wildman–Crippen MR) is 148 cm³/mol. The Morgan fingerprint density at radius 2 is 2.03 bits per heavy atom. The van der Waals surface area contributed by atoms with Crippen LogP contribution in [0.2, 0.25) is 10.0 Å². The molecule has 0 fully saturated rings. The summed E-state index contributed by atoms with van der Waals surface area (Å²) >= 11 is 12.3. The van der Waals surface area contributed by atoms with Gasteiger partial charge in [0.1, 0.15) is 5.82 Å². The van der Waals surface area contributed by atoms with Gasteiger partial charge in [0.05, 0.1) is 23.5 Å². The number of halogens is 2. The summed E-state index contributed by atoms with van der Waals surface area (Å²) in [4.78, 5) is 7.81. The first-order valence-corrected chi connectivity index (χ1v) is 12.2. The van der Waals surface area contributed by atoms with Gasteiger partial charge < -0.3 is 9.72 Å². The zero-order chi connectivity index (χ0) is 24.9. The number of H-pyrrole nitrogens is 1. The van der Waals surface area contributed by atoms with Gasteiger partial charge in [-0.15, -0.1) is 13.2 Å². The fourth-order valence-corrected chi connectivity index (χ4v) is 4.25. The van der Waals surface area contributed by atoms with Crippen molar-refractivity contribution in [3.8, 4) is 11.3 Å². The van der Waals surface area contributed by atoms with Crippen molar-refractivity contribution in [1.29, 1.82) is 0 Å². The molecule has 2 aromatic rings. The summed E-state index contributed by atoms with van der Waals surface area (Å²) in [5.41, 5.74) is 4.46. The van der Waals surface area contributed by atoms with Crippen molar-refractivity contribution in [2.24, 2.45) is 11.8 Å². The molecule has 0 saturated carbocycles.